The molecule has 0 unspecified atom stereocenters. The average molecular weight is 329 g/mol. The van der Waals surface area contributed by atoms with E-state index in [0.717, 1.165) is 16.5 Å². The van der Waals surface area contributed by atoms with Crippen molar-refractivity contribution in [2.24, 2.45) is 0 Å². The van der Waals surface area contributed by atoms with E-state index in [2.05, 4.69) is 0 Å². The molecule has 0 atom stereocenters. The fraction of sp³-hybridized carbons (Fsp3) is 0.0455. The fourth-order valence-corrected chi connectivity index (χ4v) is 3.09. The molecule has 0 fully saturated rings. The second-order valence-electron chi connectivity index (χ2n) is 6.01. The number of aromatic nitrogens is 1. The van der Waals surface area contributed by atoms with Gasteiger partial charge in [0.25, 0.3) is 0 Å². The van der Waals surface area contributed by atoms with Crippen LogP contribution in [-0.2, 0) is 6.54 Å². The maximum Gasteiger partial charge on any atom is 0.195 e. The molecule has 4 aromatic rings. The number of para-hydroxylation sites is 1. The van der Waals surface area contributed by atoms with Crippen molar-refractivity contribution in [3.8, 4) is 0 Å². The van der Waals surface area contributed by atoms with Gasteiger partial charge in [-0.05, 0) is 23.8 Å². The Morgan fingerprint density at radius 3 is 2.28 bits per heavy atom. The summed E-state index contributed by atoms with van der Waals surface area (Å²) in [5.74, 6) is -0.240. The summed E-state index contributed by atoms with van der Waals surface area (Å²) in [6.07, 6.45) is 1.89. The highest BCUT2D eigenvalue weighted by atomic mass is 19.1. The van der Waals surface area contributed by atoms with Gasteiger partial charge in [0.15, 0.2) is 5.78 Å². The molecule has 0 saturated carbocycles. The van der Waals surface area contributed by atoms with Gasteiger partial charge in [0, 0.05) is 34.8 Å². The van der Waals surface area contributed by atoms with Crippen LogP contribution in [-0.4, -0.2) is 10.4 Å². The Balaban J connectivity index is 1.79. The molecule has 0 aliphatic carbocycles. The predicted octanol–water partition coefficient (Wildman–Crippen LogP) is 5.06. The van der Waals surface area contributed by atoms with E-state index in [9.17, 15) is 9.18 Å². The van der Waals surface area contributed by atoms with E-state index >= 15 is 0 Å². The van der Waals surface area contributed by atoms with Crippen molar-refractivity contribution in [1.29, 1.82) is 0 Å². The van der Waals surface area contributed by atoms with Gasteiger partial charge in [-0.15, -0.1) is 0 Å². The normalized spacial score (nSPS) is 10.9. The molecule has 0 saturated heterocycles. The second kappa shape index (κ2) is 6.36. The first kappa shape index (κ1) is 15.3. The van der Waals surface area contributed by atoms with Crippen LogP contribution in [0.5, 0.6) is 0 Å². The van der Waals surface area contributed by atoms with Crippen molar-refractivity contribution >= 4 is 16.7 Å². The van der Waals surface area contributed by atoms with Gasteiger partial charge in [0.2, 0.25) is 0 Å². The van der Waals surface area contributed by atoms with Crippen LogP contribution in [0.4, 0.5) is 4.39 Å². The second-order valence-corrected chi connectivity index (χ2v) is 6.01. The Labute approximate surface area is 145 Å². The van der Waals surface area contributed by atoms with Crippen LogP contribution < -0.4 is 0 Å². The number of fused-ring (bicyclic) bond motifs is 1. The molecule has 3 heteroatoms. The zero-order chi connectivity index (χ0) is 17.2. The molecule has 0 aliphatic rings. The Bertz CT molecular complexity index is 1030. The van der Waals surface area contributed by atoms with Crippen LogP contribution in [0.1, 0.15) is 21.5 Å². The SMILES string of the molecule is O=C(c1ccccc1)c1cn(Cc2ccc(F)cc2)c2ccccc12. The number of hydrogen-bond acceptors (Lipinski definition) is 1. The molecule has 25 heavy (non-hydrogen) atoms. The van der Waals surface area contributed by atoms with E-state index in [4.69, 9.17) is 0 Å². The minimum atomic E-state index is -0.249. The van der Waals surface area contributed by atoms with E-state index < -0.39 is 0 Å². The van der Waals surface area contributed by atoms with Crippen LogP contribution in [0.2, 0.25) is 0 Å². The highest BCUT2D eigenvalue weighted by Gasteiger charge is 2.16. The average Bonchev–Trinajstić information content (AvgIpc) is 3.02. The number of carbonyl (C=O) groups excluding carboxylic acids is 1. The van der Waals surface area contributed by atoms with Gasteiger partial charge >= 0.3 is 0 Å². The van der Waals surface area contributed by atoms with Gasteiger partial charge in [0.05, 0.1) is 0 Å². The van der Waals surface area contributed by atoms with Gasteiger partial charge < -0.3 is 4.57 Å². The van der Waals surface area contributed by atoms with E-state index in [-0.39, 0.29) is 11.6 Å². The number of rotatable bonds is 4. The number of nitrogens with zero attached hydrogens (tertiary/aromatic N) is 1. The summed E-state index contributed by atoms with van der Waals surface area (Å²) in [5, 5.41) is 0.929. The van der Waals surface area contributed by atoms with E-state index in [0.29, 0.717) is 17.7 Å². The molecule has 122 valence electrons. The zero-order valence-electron chi connectivity index (χ0n) is 13.5. The minimum Gasteiger partial charge on any atom is -0.342 e. The van der Waals surface area contributed by atoms with Gasteiger partial charge in [-0.25, -0.2) is 4.39 Å². The Morgan fingerprint density at radius 1 is 0.840 bits per heavy atom. The highest BCUT2D eigenvalue weighted by molar-refractivity contribution is 6.16. The monoisotopic (exact) mass is 329 g/mol. The molecule has 0 bridgehead atoms. The predicted molar refractivity (Wildman–Crippen MR) is 97.3 cm³/mol. The Hall–Kier alpha value is -3.20. The molecule has 0 spiro atoms. The standard InChI is InChI=1S/C22H16FNO/c23-18-12-10-16(11-13-18)14-24-15-20(19-8-4-5-9-21(19)24)22(25)17-6-2-1-3-7-17/h1-13,15H,14H2. The van der Waals surface area contributed by atoms with Crippen molar-refractivity contribution in [1.82, 2.24) is 4.57 Å². The molecule has 2 nitrogen and oxygen atoms in total. The first-order valence-electron chi connectivity index (χ1n) is 8.14. The van der Waals surface area contributed by atoms with Gasteiger partial charge in [-0.1, -0.05) is 60.7 Å². The number of halogens is 1. The minimum absolute atomic E-state index is 0.00894. The van der Waals surface area contributed by atoms with E-state index in [1.54, 1.807) is 12.1 Å². The molecule has 0 aliphatic heterocycles. The first-order valence-corrected chi connectivity index (χ1v) is 8.14. The van der Waals surface area contributed by atoms with Crippen molar-refractivity contribution in [3.05, 3.63) is 108 Å². The van der Waals surface area contributed by atoms with Gasteiger partial charge in [-0.3, -0.25) is 4.79 Å². The maximum absolute atomic E-state index is 13.1. The molecule has 0 amide bonds. The summed E-state index contributed by atoms with van der Waals surface area (Å²) in [5.41, 5.74) is 3.34. The van der Waals surface area contributed by atoms with Gasteiger partial charge in [0.1, 0.15) is 5.82 Å². The number of ketones is 1. The maximum atomic E-state index is 13.1. The summed E-state index contributed by atoms with van der Waals surface area (Å²) >= 11 is 0. The molecule has 0 N–H and O–H groups in total. The zero-order valence-corrected chi connectivity index (χ0v) is 13.5. The smallest absolute Gasteiger partial charge is 0.195 e. The van der Waals surface area contributed by atoms with Crippen LogP contribution in [0, 0.1) is 5.82 Å². The van der Waals surface area contributed by atoms with E-state index in [1.165, 1.54) is 12.1 Å². The fourth-order valence-electron chi connectivity index (χ4n) is 3.09. The topological polar surface area (TPSA) is 22.0 Å². The summed E-state index contributed by atoms with van der Waals surface area (Å²) in [4.78, 5) is 12.9. The lowest BCUT2D eigenvalue weighted by molar-refractivity contribution is 0.104. The summed E-state index contributed by atoms with van der Waals surface area (Å²) < 4.78 is 15.2. The number of carbonyl (C=O) groups is 1. The quantitative estimate of drug-likeness (QED) is 0.480. The molecule has 1 aromatic heterocycles. The number of benzene rings is 3. The lowest BCUT2D eigenvalue weighted by Crippen LogP contribution is -2.01. The third-order valence-electron chi connectivity index (χ3n) is 4.34. The van der Waals surface area contributed by atoms with Crippen molar-refractivity contribution in [2.75, 3.05) is 0 Å². The number of hydrogen-bond donors (Lipinski definition) is 0. The summed E-state index contributed by atoms with van der Waals surface area (Å²) in [6.45, 7) is 0.586. The van der Waals surface area contributed by atoms with E-state index in [1.807, 2.05) is 65.4 Å². The van der Waals surface area contributed by atoms with Crippen LogP contribution in [0.25, 0.3) is 10.9 Å². The van der Waals surface area contributed by atoms with Crippen LogP contribution in [0.15, 0.2) is 85.1 Å². The molecular formula is C22H16FNO. The van der Waals surface area contributed by atoms with Crippen molar-refractivity contribution in [2.45, 2.75) is 6.54 Å². The lowest BCUT2D eigenvalue weighted by atomic mass is 10.0. The largest absolute Gasteiger partial charge is 0.342 e. The highest BCUT2D eigenvalue weighted by Crippen LogP contribution is 2.25. The third-order valence-corrected chi connectivity index (χ3v) is 4.34. The molecule has 0 radical (unpaired) electrons. The molecule has 4 rings (SSSR count). The molecular weight excluding hydrogens is 313 g/mol. The van der Waals surface area contributed by atoms with Crippen molar-refractivity contribution in [3.63, 3.8) is 0 Å². The van der Waals surface area contributed by atoms with Crippen molar-refractivity contribution < 1.29 is 9.18 Å². The van der Waals surface area contributed by atoms with Crippen LogP contribution in [0.3, 0.4) is 0 Å². The summed E-state index contributed by atoms with van der Waals surface area (Å²) in [7, 11) is 0. The van der Waals surface area contributed by atoms with Gasteiger partial charge in [-0.2, -0.15) is 0 Å². The third kappa shape index (κ3) is 2.96. The Kier molecular flexibility index (Phi) is 3.90. The molecule has 3 aromatic carbocycles. The Morgan fingerprint density at radius 2 is 1.52 bits per heavy atom. The lowest BCUT2D eigenvalue weighted by Gasteiger charge is -2.05. The first-order chi connectivity index (χ1) is 12.2. The summed E-state index contributed by atoms with van der Waals surface area (Å²) in [6, 6.07) is 23.6. The van der Waals surface area contributed by atoms with Crippen LogP contribution >= 0.6 is 0 Å². The molecule has 1 heterocycles.